The van der Waals surface area contributed by atoms with Crippen molar-refractivity contribution < 1.29 is 32.2 Å². The monoisotopic (exact) mass is 457 g/mol. The number of nitrogens with one attached hydrogen (secondary N) is 1. The van der Waals surface area contributed by atoms with Gasteiger partial charge in [0.25, 0.3) is 0 Å². The molecular formula is C23H20FNO6S. The van der Waals surface area contributed by atoms with Gasteiger partial charge < -0.3 is 14.6 Å². The summed E-state index contributed by atoms with van der Waals surface area (Å²) in [4.78, 5) is 10.9. The number of carboxylic acids is 1. The molecule has 0 aliphatic carbocycles. The summed E-state index contributed by atoms with van der Waals surface area (Å²) in [5.41, 5.74) is 1.35. The van der Waals surface area contributed by atoms with Crippen LogP contribution in [0.5, 0.6) is 11.5 Å². The number of carboxylic acid groups (broad SMARTS) is 1. The van der Waals surface area contributed by atoms with Crippen LogP contribution in [-0.2, 0) is 14.8 Å². The van der Waals surface area contributed by atoms with E-state index in [0.717, 1.165) is 17.7 Å². The summed E-state index contributed by atoms with van der Waals surface area (Å²) >= 11 is 0. The number of fused-ring (bicyclic) bond motifs is 1. The molecule has 3 aromatic carbocycles. The number of hydrogen-bond donors (Lipinski definition) is 2. The fourth-order valence-corrected chi connectivity index (χ4v) is 4.80. The third-order valence-corrected chi connectivity index (χ3v) is 6.53. The highest BCUT2D eigenvalue weighted by molar-refractivity contribution is 7.89. The second kappa shape index (κ2) is 8.97. The quantitative estimate of drug-likeness (QED) is 0.559. The van der Waals surface area contributed by atoms with E-state index in [0.29, 0.717) is 12.0 Å². The van der Waals surface area contributed by atoms with E-state index >= 15 is 0 Å². The molecule has 4 rings (SSSR count). The Morgan fingerprint density at radius 2 is 1.78 bits per heavy atom. The van der Waals surface area contributed by atoms with Gasteiger partial charge in [-0.15, -0.1) is 0 Å². The molecule has 0 spiro atoms. The molecule has 0 bridgehead atoms. The molecule has 32 heavy (non-hydrogen) atoms. The first kappa shape index (κ1) is 21.8. The van der Waals surface area contributed by atoms with Crippen LogP contribution < -0.4 is 14.2 Å². The topological polar surface area (TPSA) is 102 Å². The predicted molar refractivity (Wildman–Crippen MR) is 113 cm³/mol. The summed E-state index contributed by atoms with van der Waals surface area (Å²) in [7, 11) is -3.97. The van der Waals surface area contributed by atoms with Gasteiger partial charge in [-0.2, -0.15) is 0 Å². The molecule has 166 valence electrons. The molecule has 1 heterocycles. The summed E-state index contributed by atoms with van der Waals surface area (Å²) < 4.78 is 53.4. The lowest BCUT2D eigenvalue weighted by Crippen LogP contribution is -2.33. The van der Waals surface area contributed by atoms with E-state index in [-0.39, 0.29) is 16.4 Å². The van der Waals surface area contributed by atoms with Gasteiger partial charge in [0.1, 0.15) is 11.9 Å². The number of ether oxygens (including phenoxy) is 2. The minimum atomic E-state index is -3.97. The number of aliphatic carboxylic acids is 1. The largest absolute Gasteiger partial charge is 0.481 e. The van der Waals surface area contributed by atoms with Crippen molar-refractivity contribution in [3.8, 4) is 11.5 Å². The van der Waals surface area contributed by atoms with Gasteiger partial charge >= 0.3 is 5.97 Å². The van der Waals surface area contributed by atoms with Crippen LogP contribution in [0, 0.1) is 5.82 Å². The first-order valence-electron chi connectivity index (χ1n) is 9.80. The van der Waals surface area contributed by atoms with Gasteiger partial charge in [0, 0.05) is 12.0 Å². The van der Waals surface area contributed by atoms with Gasteiger partial charge in [0.15, 0.2) is 18.1 Å². The fraction of sp³-hybridized carbons (Fsp3) is 0.174. The van der Waals surface area contributed by atoms with Crippen molar-refractivity contribution in [3.63, 3.8) is 0 Å². The lowest BCUT2D eigenvalue weighted by atomic mass is 9.93. The number of halogens is 1. The second-order valence-corrected chi connectivity index (χ2v) is 8.95. The molecule has 9 heteroatoms. The molecule has 0 amide bonds. The number of benzene rings is 3. The van der Waals surface area contributed by atoms with Crippen LogP contribution in [0.25, 0.3) is 0 Å². The Kier molecular flexibility index (Phi) is 6.11. The number of sulfonamides is 1. The highest BCUT2D eigenvalue weighted by Crippen LogP contribution is 2.46. The van der Waals surface area contributed by atoms with E-state index in [2.05, 4.69) is 4.72 Å². The highest BCUT2D eigenvalue weighted by atomic mass is 32.2. The molecule has 1 aliphatic rings. The van der Waals surface area contributed by atoms with Gasteiger partial charge in [-0.25, -0.2) is 22.3 Å². The summed E-state index contributed by atoms with van der Waals surface area (Å²) in [6, 6.07) is 18.0. The van der Waals surface area contributed by atoms with Crippen LogP contribution in [0.15, 0.2) is 77.7 Å². The minimum Gasteiger partial charge on any atom is -0.481 e. The van der Waals surface area contributed by atoms with Crippen LogP contribution in [0.2, 0.25) is 0 Å². The number of hydrogen-bond acceptors (Lipinski definition) is 5. The summed E-state index contributed by atoms with van der Waals surface area (Å²) in [5, 5.41) is 8.98. The zero-order chi connectivity index (χ0) is 22.7. The average Bonchev–Trinajstić information content (AvgIpc) is 2.78. The third kappa shape index (κ3) is 4.74. The van der Waals surface area contributed by atoms with Crippen LogP contribution in [0.3, 0.4) is 0 Å². The van der Waals surface area contributed by atoms with E-state index in [4.69, 9.17) is 14.6 Å². The molecule has 2 N–H and O–H groups in total. The number of rotatable bonds is 7. The van der Waals surface area contributed by atoms with Crippen molar-refractivity contribution in [3.05, 3.63) is 89.7 Å². The molecule has 2 atom stereocenters. The maximum atomic E-state index is 13.3. The number of carbonyl (C=O) groups is 1. The van der Waals surface area contributed by atoms with E-state index in [1.165, 1.54) is 12.1 Å². The summed E-state index contributed by atoms with van der Waals surface area (Å²) in [6.07, 6.45) is -0.209. The Morgan fingerprint density at radius 3 is 2.47 bits per heavy atom. The lowest BCUT2D eigenvalue weighted by molar-refractivity contribution is -0.139. The van der Waals surface area contributed by atoms with Crippen LogP contribution in [-0.4, -0.2) is 26.1 Å². The molecular weight excluding hydrogens is 437 g/mol. The zero-order valence-corrected chi connectivity index (χ0v) is 17.6. The Hall–Kier alpha value is -3.43. The molecule has 0 aromatic heterocycles. The van der Waals surface area contributed by atoms with Crippen molar-refractivity contribution in [2.45, 2.75) is 23.5 Å². The van der Waals surface area contributed by atoms with Gasteiger partial charge in [-0.05, 0) is 35.9 Å². The molecule has 0 fully saturated rings. The molecule has 3 aromatic rings. The van der Waals surface area contributed by atoms with Crippen LogP contribution in [0.1, 0.15) is 29.7 Å². The SMILES string of the molecule is O=C(O)COc1cccc2c1OC(c1ccccc1)CC2NS(=O)(=O)c1ccc(F)cc1. The van der Waals surface area contributed by atoms with Gasteiger partial charge in [-0.1, -0.05) is 42.5 Å². The van der Waals surface area contributed by atoms with E-state index < -0.39 is 40.6 Å². The van der Waals surface area contributed by atoms with Gasteiger partial charge in [-0.3, -0.25) is 0 Å². The zero-order valence-electron chi connectivity index (χ0n) is 16.8. The fourth-order valence-electron chi connectivity index (χ4n) is 3.57. The first-order valence-corrected chi connectivity index (χ1v) is 11.3. The molecule has 0 saturated heterocycles. The minimum absolute atomic E-state index is 0.0681. The Labute approximate surface area is 184 Å². The molecule has 1 aliphatic heterocycles. The van der Waals surface area contributed by atoms with Crippen molar-refractivity contribution in [1.29, 1.82) is 0 Å². The van der Waals surface area contributed by atoms with Crippen molar-refractivity contribution in [2.24, 2.45) is 0 Å². The number of para-hydroxylation sites is 1. The van der Waals surface area contributed by atoms with Crippen LogP contribution >= 0.6 is 0 Å². The smallest absolute Gasteiger partial charge is 0.341 e. The second-order valence-electron chi connectivity index (χ2n) is 7.24. The Bertz CT molecular complexity index is 1210. The molecule has 0 saturated carbocycles. The van der Waals surface area contributed by atoms with Gasteiger partial charge in [0.05, 0.1) is 10.9 Å². The first-order chi connectivity index (χ1) is 15.3. The Balaban J connectivity index is 1.72. The molecule has 2 unspecified atom stereocenters. The van der Waals surface area contributed by atoms with Crippen LogP contribution in [0.4, 0.5) is 4.39 Å². The van der Waals surface area contributed by atoms with Crippen molar-refractivity contribution in [2.75, 3.05) is 6.61 Å². The van der Waals surface area contributed by atoms with Gasteiger partial charge in [0.2, 0.25) is 10.0 Å². The standard InChI is InChI=1S/C23H20FNO6S/c24-16-9-11-17(12-10-16)32(28,29)25-19-13-21(15-5-2-1-3-6-15)31-23-18(19)7-4-8-20(23)30-14-22(26)27/h1-12,19,21,25H,13-14H2,(H,26,27). The Morgan fingerprint density at radius 1 is 1.06 bits per heavy atom. The normalized spacial score (nSPS) is 17.8. The van der Waals surface area contributed by atoms with E-state index in [1.807, 2.05) is 30.3 Å². The molecule has 0 radical (unpaired) electrons. The van der Waals surface area contributed by atoms with E-state index in [1.54, 1.807) is 18.2 Å². The van der Waals surface area contributed by atoms with E-state index in [9.17, 15) is 17.6 Å². The predicted octanol–water partition coefficient (Wildman–Crippen LogP) is 3.83. The van der Waals surface area contributed by atoms with Crippen molar-refractivity contribution >= 4 is 16.0 Å². The third-order valence-electron chi connectivity index (χ3n) is 5.04. The average molecular weight is 457 g/mol. The summed E-state index contributed by atoms with van der Waals surface area (Å²) in [5.74, 6) is -1.20. The maximum absolute atomic E-state index is 13.3. The maximum Gasteiger partial charge on any atom is 0.341 e. The van der Waals surface area contributed by atoms with Crippen molar-refractivity contribution in [1.82, 2.24) is 4.72 Å². The highest BCUT2D eigenvalue weighted by Gasteiger charge is 2.34. The summed E-state index contributed by atoms with van der Waals surface area (Å²) in [6.45, 7) is -0.568. The molecule has 7 nitrogen and oxygen atoms in total. The lowest BCUT2D eigenvalue weighted by Gasteiger charge is -2.33.